The smallest absolute Gasteiger partial charge is 0.387 e. The second kappa shape index (κ2) is 6.85. The number of nitrogens with one attached hydrogen (secondary N) is 1. The maximum Gasteiger partial charge on any atom is 0.387 e. The molecule has 2 atom stereocenters. The Morgan fingerprint density at radius 3 is 2.71 bits per heavy atom. The van der Waals surface area contributed by atoms with Crippen LogP contribution in [0.4, 0.5) is 8.78 Å². The number of ether oxygens (including phenoxy) is 1. The van der Waals surface area contributed by atoms with Crippen molar-refractivity contribution in [3.63, 3.8) is 0 Å². The highest BCUT2D eigenvalue weighted by Crippen LogP contribution is 2.33. The number of benzene rings is 1. The van der Waals surface area contributed by atoms with Gasteiger partial charge in [0.1, 0.15) is 5.75 Å². The Bertz CT molecular complexity index is 492. The first kappa shape index (κ1) is 15.7. The van der Waals surface area contributed by atoms with E-state index in [2.05, 4.69) is 10.1 Å². The van der Waals surface area contributed by atoms with Crippen molar-refractivity contribution in [3.05, 3.63) is 29.8 Å². The van der Waals surface area contributed by atoms with Crippen molar-refractivity contribution in [2.24, 2.45) is 11.7 Å². The summed E-state index contributed by atoms with van der Waals surface area (Å²) >= 11 is 0. The van der Waals surface area contributed by atoms with Gasteiger partial charge < -0.3 is 15.8 Å². The summed E-state index contributed by atoms with van der Waals surface area (Å²) in [6.07, 6.45) is 2.41. The Hall–Kier alpha value is -1.69. The molecule has 116 valence electrons. The number of carbonyl (C=O) groups excluding carboxylic acids is 1. The van der Waals surface area contributed by atoms with E-state index in [0.29, 0.717) is 11.5 Å². The van der Waals surface area contributed by atoms with Gasteiger partial charge in [-0.05, 0) is 31.7 Å². The summed E-state index contributed by atoms with van der Waals surface area (Å²) in [6.45, 7) is -1.16. The van der Waals surface area contributed by atoms with Crippen LogP contribution in [0.25, 0.3) is 0 Å². The lowest BCUT2D eigenvalue weighted by Gasteiger charge is -2.19. The molecule has 0 aliphatic heterocycles. The van der Waals surface area contributed by atoms with Crippen molar-refractivity contribution in [2.45, 2.75) is 44.9 Å². The first-order chi connectivity index (χ1) is 9.97. The molecule has 2 unspecified atom stereocenters. The Morgan fingerprint density at radius 2 is 2.10 bits per heavy atom. The third-order valence-electron chi connectivity index (χ3n) is 3.63. The zero-order chi connectivity index (χ0) is 15.4. The molecule has 0 saturated heterocycles. The summed E-state index contributed by atoms with van der Waals surface area (Å²) in [6, 6.07) is 5.90. The number of amides is 1. The van der Waals surface area contributed by atoms with Crippen LogP contribution in [0.15, 0.2) is 24.3 Å². The molecule has 2 rings (SSSR count). The van der Waals surface area contributed by atoms with E-state index in [1.165, 1.54) is 6.07 Å². The molecule has 1 saturated carbocycles. The van der Waals surface area contributed by atoms with Crippen molar-refractivity contribution in [1.29, 1.82) is 0 Å². The lowest BCUT2D eigenvalue weighted by molar-refractivity contribution is -0.122. The van der Waals surface area contributed by atoms with E-state index in [1.807, 2.05) is 0 Å². The molecule has 1 aliphatic carbocycles. The van der Waals surface area contributed by atoms with Crippen LogP contribution in [0.5, 0.6) is 5.75 Å². The van der Waals surface area contributed by atoms with Crippen molar-refractivity contribution < 1.29 is 18.3 Å². The molecule has 1 aliphatic rings. The molecule has 21 heavy (non-hydrogen) atoms. The van der Waals surface area contributed by atoms with Crippen molar-refractivity contribution >= 4 is 5.91 Å². The van der Waals surface area contributed by atoms with Crippen molar-refractivity contribution in [1.82, 2.24) is 5.32 Å². The normalized spacial score (nSPS) is 17.4. The average molecular weight is 298 g/mol. The van der Waals surface area contributed by atoms with Gasteiger partial charge in [-0.25, -0.2) is 0 Å². The number of nitrogens with two attached hydrogens (primary N) is 1. The monoisotopic (exact) mass is 298 g/mol. The fourth-order valence-electron chi connectivity index (χ4n) is 2.32. The number of carbonyl (C=O) groups is 1. The van der Waals surface area contributed by atoms with Gasteiger partial charge in [-0.15, -0.1) is 0 Å². The van der Waals surface area contributed by atoms with Gasteiger partial charge in [0.2, 0.25) is 5.91 Å². The van der Waals surface area contributed by atoms with E-state index in [1.54, 1.807) is 25.1 Å². The number of rotatable bonds is 7. The van der Waals surface area contributed by atoms with E-state index in [0.717, 1.165) is 12.8 Å². The molecule has 4 nitrogen and oxygen atoms in total. The highest BCUT2D eigenvalue weighted by atomic mass is 19.3. The molecule has 6 heteroatoms. The Morgan fingerprint density at radius 1 is 1.43 bits per heavy atom. The average Bonchev–Trinajstić information content (AvgIpc) is 3.22. The Kier molecular flexibility index (Phi) is 5.12. The highest BCUT2D eigenvalue weighted by Gasteiger charge is 2.30. The maximum atomic E-state index is 12.4. The summed E-state index contributed by atoms with van der Waals surface area (Å²) in [5.74, 6) is 0.348. The third-order valence-corrected chi connectivity index (χ3v) is 3.63. The van der Waals surface area contributed by atoms with E-state index in [-0.39, 0.29) is 24.1 Å². The third kappa shape index (κ3) is 4.67. The second-order valence-electron chi connectivity index (χ2n) is 5.41. The van der Waals surface area contributed by atoms with Crippen molar-refractivity contribution in [3.8, 4) is 5.75 Å². The highest BCUT2D eigenvalue weighted by molar-refractivity contribution is 5.77. The van der Waals surface area contributed by atoms with Crippen LogP contribution in [0.2, 0.25) is 0 Å². The predicted octanol–water partition coefficient (Wildman–Crippen LogP) is 2.59. The van der Waals surface area contributed by atoms with Gasteiger partial charge in [-0.2, -0.15) is 8.78 Å². The number of hydrogen-bond acceptors (Lipinski definition) is 3. The zero-order valence-corrected chi connectivity index (χ0v) is 11.9. The van der Waals surface area contributed by atoms with Crippen LogP contribution in [0, 0.1) is 5.92 Å². The van der Waals surface area contributed by atoms with E-state index >= 15 is 0 Å². The van der Waals surface area contributed by atoms with Gasteiger partial charge in [0, 0.05) is 18.0 Å². The molecular weight excluding hydrogens is 278 g/mol. The number of halogens is 2. The zero-order valence-electron chi connectivity index (χ0n) is 11.9. The molecule has 1 aromatic rings. The molecule has 0 heterocycles. The molecular formula is C15H20F2N2O2. The fourth-order valence-corrected chi connectivity index (χ4v) is 2.32. The van der Waals surface area contributed by atoms with Gasteiger partial charge >= 0.3 is 6.61 Å². The van der Waals surface area contributed by atoms with Crippen LogP contribution in [0.3, 0.4) is 0 Å². The largest absolute Gasteiger partial charge is 0.434 e. The summed E-state index contributed by atoms with van der Waals surface area (Å²) in [4.78, 5) is 11.9. The second-order valence-corrected chi connectivity index (χ2v) is 5.41. The minimum atomic E-state index is -2.89. The Balaban J connectivity index is 1.95. The summed E-state index contributed by atoms with van der Waals surface area (Å²) in [7, 11) is 0. The molecule has 1 fully saturated rings. The van der Waals surface area contributed by atoms with E-state index in [4.69, 9.17) is 5.73 Å². The van der Waals surface area contributed by atoms with Gasteiger partial charge in [0.15, 0.2) is 0 Å². The number of hydrogen-bond donors (Lipinski definition) is 2. The maximum absolute atomic E-state index is 12.4. The molecule has 1 aromatic carbocycles. The topological polar surface area (TPSA) is 64.4 Å². The van der Waals surface area contributed by atoms with Crippen LogP contribution in [0.1, 0.15) is 37.8 Å². The van der Waals surface area contributed by atoms with E-state index in [9.17, 15) is 13.6 Å². The van der Waals surface area contributed by atoms with Gasteiger partial charge in [0.05, 0.1) is 6.04 Å². The van der Waals surface area contributed by atoms with Gasteiger partial charge in [-0.1, -0.05) is 18.2 Å². The minimum Gasteiger partial charge on any atom is -0.434 e. The number of alkyl halides is 2. The minimum absolute atomic E-state index is 0.0757. The molecule has 3 N–H and O–H groups in total. The lowest BCUT2D eigenvalue weighted by Crippen LogP contribution is -2.34. The van der Waals surface area contributed by atoms with Gasteiger partial charge in [0.25, 0.3) is 0 Å². The summed E-state index contributed by atoms with van der Waals surface area (Å²) < 4.78 is 29.2. The predicted molar refractivity (Wildman–Crippen MR) is 74.9 cm³/mol. The molecule has 0 bridgehead atoms. The Labute approximate surface area is 122 Å². The van der Waals surface area contributed by atoms with Gasteiger partial charge in [-0.3, -0.25) is 4.79 Å². The number of para-hydroxylation sites is 1. The van der Waals surface area contributed by atoms with Crippen molar-refractivity contribution in [2.75, 3.05) is 0 Å². The molecule has 0 radical (unpaired) electrons. The fraction of sp³-hybridized carbons (Fsp3) is 0.533. The summed E-state index contributed by atoms with van der Waals surface area (Å²) in [5.41, 5.74) is 6.42. The van der Waals surface area contributed by atoms with E-state index < -0.39 is 12.7 Å². The quantitative estimate of drug-likeness (QED) is 0.813. The molecule has 0 aromatic heterocycles. The first-order valence-corrected chi connectivity index (χ1v) is 7.06. The van der Waals surface area contributed by atoms with Crippen LogP contribution >= 0.6 is 0 Å². The SMILES string of the molecule is CC(NC(=O)CC(N)C1CC1)c1ccccc1OC(F)F. The van der Waals surface area contributed by atoms with Crippen LogP contribution in [-0.4, -0.2) is 18.6 Å². The molecule has 0 spiro atoms. The standard InChI is InChI=1S/C15H20F2N2O2/c1-9(19-14(20)8-12(18)10-6-7-10)11-4-2-3-5-13(11)21-15(16)17/h2-5,9-10,12,15H,6-8,18H2,1H3,(H,19,20). The summed E-state index contributed by atoms with van der Waals surface area (Å²) in [5, 5.41) is 2.78. The first-order valence-electron chi connectivity index (χ1n) is 7.06. The lowest BCUT2D eigenvalue weighted by atomic mass is 10.1. The van der Waals surface area contributed by atoms with Crippen LogP contribution < -0.4 is 15.8 Å². The van der Waals surface area contributed by atoms with Crippen LogP contribution in [-0.2, 0) is 4.79 Å². The molecule has 1 amide bonds.